The third-order valence-corrected chi connectivity index (χ3v) is 5.97. The van der Waals surface area contributed by atoms with E-state index in [2.05, 4.69) is 25.5 Å². The number of nitrogens with one attached hydrogen (secondary N) is 2. The molecule has 1 aromatic carbocycles. The van der Waals surface area contributed by atoms with Gasteiger partial charge in [0.2, 0.25) is 0 Å². The van der Waals surface area contributed by atoms with Gasteiger partial charge in [-0.05, 0) is 64.3 Å². The summed E-state index contributed by atoms with van der Waals surface area (Å²) in [6.07, 6.45) is 4.65. The van der Waals surface area contributed by atoms with Gasteiger partial charge in [0.15, 0.2) is 11.5 Å². The molecule has 39 heavy (non-hydrogen) atoms. The van der Waals surface area contributed by atoms with E-state index in [0.29, 0.717) is 43.4 Å². The van der Waals surface area contributed by atoms with Crippen molar-refractivity contribution in [2.24, 2.45) is 5.73 Å². The van der Waals surface area contributed by atoms with Gasteiger partial charge in [-0.25, -0.2) is 14.8 Å². The molecule has 2 aliphatic rings. The lowest BCUT2D eigenvalue weighted by Crippen LogP contribution is -2.40. The fourth-order valence-electron chi connectivity index (χ4n) is 4.03. The first kappa shape index (κ1) is 29.6. The molecule has 212 valence electrons. The maximum Gasteiger partial charge on any atom is 0.407 e. The summed E-state index contributed by atoms with van der Waals surface area (Å²) < 4.78 is 10.1. The van der Waals surface area contributed by atoms with Crippen molar-refractivity contribution >= 4 is 35.2 Å². The van der Waals surface area contributed by atoms with E-state index in [1.54, 1.807) is 35.4 Å². The number of hydrogen-bond acceptors (Lipinski definition) is 9. The molecule has 3 heterocycles. The van der Waals surface area contributed by atoms with Gasteiger partial charge in [-0.15, -0.1) is 0 Å². The highest BCUT2D eigenvalue weighted by Gasteiger charge is 2.20. The number of ether oxygens (including phenoxy) is 2. The SMILES string of the molecule is CNC(=O)OC(C)(C)C.NC(=O)c1ncc(N2CCCCC2)nc1Nc1ccc(C(=O)N2CCOCC2)cc1. The minimum Gasteiger partial charge on any atom is -0.444 e. The van der Waals surface area contributed by atoms with E-state index in [1.165, 1.54) is 13.5 Å². The zero-order chi connectivity index (χ0) is 28.4. The molecule has 0 bridgehead atoms. The number of benzene rings is 1. The Hall–Kier alpha value is -3.93. The van der Waals surface area contributed by atoms with Crippen LogP contribution in [0.4, 0.5) is 22.1 Å². The molecule has 0 aliphatic carbocycles. The Morgan fingerprint density at radius 3 is 2.18 bits per heavy atom. The van der Waals surface area contributed by atoms with Crippen LogP contribution in [0.15, 0.2) is 30.5 Å². The van der Waals surface area contributed by atoms with Gasteiger partial charge >= 0.3 is 6.09 Å². The normalized spacial score (nSPS) is 15.5. The molecule has 2 aromatic rings. The lowest BCUT2D eigenvalue weighted by atomic mass is 10.1. The molecule has 12 heteroatoms. The Bertz CT molecular complexity index is 1120. The first-order valence-electron chi connectivity index (χ1n) is 13.1. The fourth-order valence-corrected chi connectivity index (χ4v) is 4.03. The number of nitrogens with zero attached hydrogens (tertiary/aromatic N) is 4. The molecule has 12 nitrogen and oxygen atoms in total. The molecule has 1 aromatic heterocycles. The van der Waals surface area contributed by atoms with Gasteiger partial charge in [0.25, 0.3) is 11.8 Å². The maximum atomic E-state index is 12.6. The number of rotatable bonds is 5. The summed E-state index contributed by atoms with van der Waals surface area (Å²) in [7, 11) is 1.54. The number of primary amides is 1. The average Bonchev–Trinajstić information content (AvgIpc) is 2.93. The molecule has 2 saturated heterocycles. The Labute approximate surface area is 229 Å². The summed E-state index contributed by atoms with van der Waals surface area (Å²) >= 11 is 0. The minimum atomic E-state index is -0.644. The summed E-state index contributed by atoms with van der Waals surface area (Å²) in [6.45, 7) is 9.62. The molecular formula is C27H39N7O5. The maximum absolute atomic E-state index is 12.6. The van der Waals surface area contributed by atoms with Crippen molar-refractivity contribution in [3.05, 3.63) is 41.7 Å². The lowest BCUT2D eigenvalue weighted by Gasteiger charge is -2.28. The third-order valence-electron chi connectivity index (χ3n) is 5.97. The largest absolute Gasteiger partial charge is 0.444 e. The van der Waals surface area contributed by atoms with E-state index in [0.717, 1.165) is 31.7 Å². The molecule has 0 radical (unpaired) electrons. The van der Waals surface area contributed by atoms with Crippen LogP contribution in [0.5, 0.6) is 0 Å². The van der Waals surface area contributed by atoms with Gasteiger partial charge < -0.3 is 35.6 Å². The van der Waals surface area contributed by atoms with Crippen LogP contribution in [0.2, 0.25) is 0 Å². The van der Waals surface area contributed by atoms with Crippen LogP contribution < -0.4 is 21.3 Å². The first-order chi connectivity index (χ1) is 18.6. The van der Waals surface area contributed by atoms with Gasteiger partial charge in [0.05, 0.1) is 19.4 Å². The van der Waals surface area contributed by atoms with Crippen LogP contribution in [0.3, 0.4) is 0 Å². The first-order valence-corrected chi connectivity index (χ1v) is 13.1. The molecule has 3 amide bonds. The number of morpholine rings is 1. The van der Waals surface area contributed by atoms with Crippen LogP contribution in [-0.2, 0) is 9.47 Å². The van der Waals surface area contributed by atoms with Crippen LogP contribution in [-0.4, -0.2) is 84.8 Å². The number of carbonyl (C=O) groups is 3. The van der Waals surface area contributed by atoms with Crippen LogP contribution in [0, 0.1) is 0 Å². The predicted octanol–water partition coefficient (Wildman–Crippen LogP) is 2.92. The van der Waals surface area contributed by atoms with E-state index in [4.69, 9.17) is 15.2 Å². The summed E-state index contributed by atoms with van der Waals surface area (Å²) in [5.41, 5.74) is 6.48. The Morgan fingerprint density at radius 2 is 1.64 bits per heavy atom. The summed E-state index contributed by atoms with van der Waals surface area (Å²) in [5, 5.41) is 5.49. The van der Waals surface area contributed by atoms with Crippen molar-refractivity contribution in [2.75, 3.05) is 56.7 Å². The van der Waals surface area contributed by atoms with Gasteiger partial charge in [-0.2, -0.15) is 0 Å². The third kappa shape index (κ3) is 9.10. The molecule has 4 rings (SSSR count). The van der Waals surface area contributed by atoms with E-state index < -0.39 is 5.91 Å². The van der Waals surface area contributed by atoms with E-state index >= 15 is 0 Å². The van der Waals surface area contributed by atoms with Crippen LogP contribution in [0.25, 0.3) is 0 Å². The van der Waals surface area contributed by atoms with E-state index in [9.17, 15) is 14.4 Å². The Morgan fingerprint density at radius 1 is 1.00 bits per heavy atom. The second kappa shape index (κ2) is 13.7. The van der Waals surface area contributed by atoms with Gasteiger partial charge in [-0.1, -0.05) is 0 Å². The lowest BCUT2D eigenvalue weighted by molar-refractivity contribution is 0.0303. The fraction of sp³-hybridized carbons (Fsp3) is 0.519. The monoisotopic (exact) mass is 541 g/mol. The number of amides is 3. The van der Waals surface area contributed by atoms with Gasteiger partial charge in [0, 0.05) is 44.5 Å². The molecule has 2 fully saturated rings. The van der Waals surface area contributed by atoms with Crippen molar-refractivity contribution in [3.63, 3.8) is 0 Å². The summed E-state index contributed by atoms with van der Waals surface area (Å²) in [6, 6.07) is 7.08. The Balaban J connectivity index is 0.000000403. The summed E-state index contributed by atoms with van der Waals surface area (Å²) in [5.74, 6) is 0.378. The number of carbonyl (C=O) groups excluding carboxylic acids is 3. The number of piperidine rings is 1. The highest BCUT2D eigenvalue weighted by molar-refractivity contribution is 5.97. The molecule has 0 atom stereocenters. The second-order valence-electron chi connectivity index (χ2n) is 10.2. The van der Waals surface area contributed by atoms with Gasteiger partial charge in [-0.3, -0.25) is 9.59 Å². The van der Waals surface area contributed by atoms with E-state index in [-0.39, 0.29) is 23.3 Å². The van der Waals surface area contributed by atoms with Crippen LogP contribution >= 0.6 is 0 Å². The number of hydrogen-bond donors (Lipinski definition) is 3. The Kier molecular flexibility index (Phi) is 10.4. The number of alkyl carbamates (subject to hydrolysis) is 1. The smallest absolute Gasteiger partial charge is 0.407 e. The standard InChI is InChI=1S/C21H26N6O3.C6H13NO2/c22-19(28)18-20(25-17(14-23-18)26-8-2-1-3-9-26)24-16-6-4-15(5-7-16)21(29)27-10-12-30-13-11-27;1-6(2,3)9-5(8)7-4/h4-7,14H,1-3,8-13H2,(H2,22,28)(H,24,25);1-4H3,(H,7,8). The highest BCUT2D eigenvalue weighted by Crippen LogP contribution is 2.23. The summed E-state index contributed by atoms with van der Waals surface area (Å²) in [4.78, 5) is 47.7. The van der Waals surface area contributed by atoms with Crippen molar-refractivity contribution in [1.29, 1.82) is 0 Å². The second-order valence-corrected chi connectivity index (χ2v) is 10.2. The topological polar surface area (TPSA) is 152 Å². The van der Waals surface area contributed by atoms with Crippen molar-refractivity contribution < 1.29 is 23.9 Å². The van der Waals surface area contributed by atoms with Crippen LogP contribution in [0.1, 0.15) is 60.9 Å². The highest BCUT2D eigenvalue weighted by atomic mass is 16.6. The van der Waals surface area contributed by atoms with E-state index in [1.807, 2.05) is 20.8 Å². The molecule has 0 saturated carbocycles. The van der Waals surface area contributed by atoms with Crippen molar-refractivity contribution in [1.82, 2.24) is 20.2 Å². The number of anilines is 3. The van der Waals surface area contributed by atoms with Crippen molar-refractivity contribution in [3.8, 4) is 0 Å². The molecule has 0 unspecified atom stereocenters. The molecular weight excluding hydrogens is 502 g/mol. The minimum absolute atomic E-state index is 0.0189. The zero-order valence-electron chi connectivity index (χ0n) is 23.2. The van der Waals surface area contributed by atoms with Gasteiger partial charge in [0.1, 0.15) is 11.4 Å². The van der Waals surface area contributed by atoms with Crippen molar-refractivity contribution in [2.45, 2.75) is 45.6 Å². The zero-order valence-corrected chi connectivity index (χ0v) is 23.2. The quantitative estimate of drug-likeness (QED) is 0.519. The molecule has 4 N–H and O–H groups in total. The predicted molar refractivity (Wildman–Crippen MR) is 148 cm³/mol. The number of nitrogens with two attached hydrogens (primary N) is 1. The number of aromatic nitrogens is 2. The molecule has 0 spiro atoms. The molecule has 2 aliphatic heterocycles. The average molecular weight is 542 g/mol.